The van der Waals surface area contributed by atoms with Crippen molar-refractivity contribution < 1.29 is 4.39 Å². The van der Waals surface area contributed by atoms with Gasteiger partial charge in [0, 0.05) is 11.6 Å². The molecule has 0 unspecified atom stereocenters. The summed E-state index contributed by atoms with van der Waals surface area (Å²) in [6, 6.07) is 3.26. The molecule has 0 aliphatic heterocycles. The number of anilines is 1. The van der Waals surface area contributed by atoms with Gasteiger partial charge >= 0.3 is 0 Å². The van der Waals surface area contributed by atoms with Gasteiger partial charge in [-0.3, -0.25) is 0 Å². The van der Waals surface area contributed by atoms with Gasteiger partial charge in [0.1, 0.15) is 5.82 Å². The second-order valence-corrected chi connectivity index (χ2v) is 2.84. The van der Waals surface area contributed by atoms with Crippen molar-refractivity contribution >= 4 is 16.6 Å². The van der Waals surface area contributed by atoms with Gasteiger partial charge in [-0.25, -0.2) is 4.39 Å². The number of aromatic nitrogens is 1. The van der Waals surface area contributed by atoms with Crippen LogP contribution in [0.15, 0.2) is 18.3 Å². The summed E-state index contributed by atoms with van der Waals surface area (Å²) in [7, 11) is 0. The van der Waals surface area contributed by atoms with E-state index >= 15 is 0 Å². The molecule has 0 aliphatic carbocycles. The summed E-state index contributed by atoms with van der Waals surface area (Å²) in [5, 5.41) is 0.860. The molecule has 0 saturated heterocycles. The number of halogens is 1. The minimum absolute atomic E-state index is 0.227. The van der Waals surface area contributed by atoms with E-state index in [1.165, 1.54) is 6.07 Å². The van der Waals surface area contributed by atoms with E-state index in [4.69, 9.17) is 5.73 Å². The third-order valence-corrected chi connectivity index (χ3v) is 2.10. The molecule has 0 radical (unpaired) electrons. The number of hydrogen-bond donors (Lipinski definition) is 2. The summed E-state index contributed by atoms with van der Waals surface area (Å²) in [4.78, 5) is 3.01. The van der Waals surface area contributed by atoms with E-state index in [0.717, 1.165) is 16.5 Å². The Hall–Kier alpha value is -1.51. The van der Waals surface area contributed by atoms with Crippen LogP contribution < -0.4 is 5.73 Å². The van der Waals surface area contributed by atoms with Crippen molar-refractivity contribution in [2.24, 2.45) is 0 Å². The molecule has 0 fully saturated rings. The van der Waals surface area contributed by atoms with E-state index in [-0.39, 0.29) is 11.5 Å². The van der Waals surface area contributed by atoms with Crippen LogP contribution in [0, 0.1) is 12.7 Å². The van der Waals surface area contributed by atoms with Gasteiger partial charge in [-0.05, 0) is 24.6 Å². The van der Waals surface area contributed by atoms with Crippen molar-refractivity contribution in [2.45, 2.75) is 6.92 Å². The Morgan fingerprint density at radius 2 is 2.25 bits per heavy atom. The second-order valence-electron chi connectivity index (χ2n) is 2.84. The molecule has 0 saturated carbocycles. The molecule has 0 spiro atoms. The molecule has 0 atom stereocenters. The van der Waals surface area contributed by atoms with E-state index in [1.807, 2.05) is 6.07 Å². The maximum absolute atomic E-state index is 13.0. The van der Waals surface area contributed by atoms with Crippen LogP contribution in [0.25, 0.3) is 10.9 Å². The van der Waals surface area contributed by atoms with Gasteiger partial charge in [-0.1, -0.05) is 0 Å². The number of nitrogen functional groups attached to an aromatic ring is 1. The number of aryl methyl sites for hydroxylation is 1. The highest BCUT2D eigenvalue weighted by Gasteiger charge is 2.06. The minimum Gasteiger partial charge on any atom is -0.396 e. The van der Waals surface area contributed by atoms with Crippen LogP contribution in [0.2, 0.25) is 0 Å². The summed E-state index contributed by atoms with van der Waals surface area (Å²) in [5.41, 5.74) is 7.42. The molecule has 2 rings (SSSR count). The molecule has 1 heterocycles. The Balaban J connectivity index is 2.94. The summed E-state index contributed by atoms with van der Waals surface area (Å²) in [5.74, 6) is -0.348. The van der Waals surface area contributed by atoms with E-state index in [1.54, 1.807) is 13.1 Å². The number of nitrogens with one attached hydrogen (secondary N) is 1. The standard InChI is InChI=1S/C9H9FN2/c1-5-8(11)7(10)4-6-2-3-12-9(5)6/h2-4,12H,11H2,1H3. The van der Waals surface area contributed by atoms with Gasteiger partial charge in [-0.15, -0.1) is 0 Å². The second kappa shape index (κ2) is 2.24. The first-order chi connectivity index (χ1) is 5.70. The third-order valence-electron chi connectivity index (χ3n) is 2.10. The maximum atomic E-state index is 13.0. The Morgan fingerprint density at radius 3 is 3.00 bits per heavy atom. The van der Waals surface area contributed by atoms with Crippen LogP contribution in [0.3, 0.4) is 0 Å². The van der Waals surface area contributed by atoms with Crippen molar-refractivity contribution in [3.63, 3.8) is 0 Å². The summed E-state index contributed by atoms with van der Waals surface area (Å²) in [6.45, 7) is 1.80. The van der Waals surface area contributed by atoms with Gasteiger partial charge in [0.2, 0.25) is 0 Å². The summed E-state index contributed by atoms with van der Waals surface area (Å²) in [6.07, 6.45) is 1.77. The van der Waals surface area contributed by atoms with Crippen LogP contribution in [0.4, 0.5) is 10.1 Å². The molecule has 1 aromatic heterocycles. The Bertz CT molecular complexity index is 431. The maximum Gasteiger partial charge on any atom is 0.147 e. The lowest BCUT2D eigenvalue weighted by atomic mass is 10.1. The molecule has 62 valence electrons. The van der Waals surface area contributed by atoms with Crippen LogP contribution >= 0.6 is 0 Å². The fourth-order valence-electron chi connectivity index (χ4n) is 1.35. The third kappa shape index (κ3) is 0.794. The molecule has 12 heavy (non-hydrogen) atoms. The lowest BCUT2D eigenvalue weighted by molar-refractivity contribution is 0.633. The van der Waals surface area contributed by atoms with E-state index in [0.29, 0.717) is 0 Å². The first-order valence-corrected chi connectivity index (χ1v) is 3.72. The van der Waals surface area contributed by atoms with Gasteiger partial charge in [0.05, 0.1) is 11.2 Å². The number of aromatic amines is 1. The highest BCUT2D eigenvalue weighted by Crippen LogP contribution is 2.24. The first kappa shape index (κ1) is 7.16. The Kier molecular flexibility index (Phi) is 1.33. The molecule has 3 N–H and O–H groups in total. The van der Waals surface area contributed by atoms with Crippen LogP contribution in [-0.2, 0) is 0 Å². The number of H-pyrrole nitrogens is 1. The van der Waals surface area contributed by atoms with Crippen molar-refractivity contribution in [3.8, 4) is 0 Å². The summed E-state index contributed by atoms with van der Waals surface area (Å²) >= 11 is 0. The molecule has 3 heteroatoms. The average Bonchev–Trinajstić information content (AvgIpc) is 2.48. The predicted molar refractivity (Wildman–Crippen MR) is 47.4 cm³/mol. The molecule has 0 amide bonds. The SMILES string of the molecule is Cc1c(N)c(F)cc2cc[nH]c12. The molecule has 2 aromatic rings. The Morgan fingerprint density at radius 1 is 1.50 bits per heavy atom. The Labute approximate surface area is 69.2 Å². The molecule has 2 nitrogen and oxygen atoms in total. The van der Waals surface area contributed by atoms with Gasteiger partial charge in [0.15, 0.2) is 0 Å². The highest BCUT2D eigenvalue weighted by atomic mass is 19.1. The van der Waals surface area contributed by atoms with Gasteiger partial charge in [-0.2, -0.15) is 0 Å². The lowest BCUT2D eigenvalue weighted by Crippen LogP contribution is -1.94. The van der Waals surface area contributed by atoms with Crippen molar-refractivity contribution in [2.75, 3.05) is 5.73 Å². The fourth-order valence-corrected chi connectivity index (χ4v) is 1.35. The zero-order valence-electron chi connectivity index (χ0n) is 6.69. The predicted octanol–water partition coefficient (Wildman–Crippen LogP) is 2.20. The average molecular weight is 164 g/mol. The number of nitrogens with two attached hydrogens (primary N) is 1. The number of hydrogen-bond acceptors (Lipinski definition) is 1. The summed E-state index contributed by atoms with van der Waals surface area (Å²) < 4.78 is 13.0. The topological polar surface area (TPSA) is 41.8 Å². The molecule has 0 bridgehead atoms. The number of rotatable bonds is 0. The first-order valence-electron chi connectivity index (χ1n) is 3.72. The quantitative estimate of drug-likeness (QED) is 0.576. The largest absolute Gasteiger partial charge is 0.396 e. The zero-order chi connectivity index (χ0) is 8.72. The van der Waals surface area contributed by atoms with Crippen LogP contribution in [-0.4, -0.2) is 4.98 Å². The molecule has 0 aliphatic rings. The van der Waals surface area contributed by atoms with E-state index < -0.39 is 0 Å². The molecular weight excluding hydrogens is 155 g/mol. The number of benzene rings is 1. The molecular formula is C9H9FN2. The lowest BCUT2D eigenvalue weighted by Gasteiger charge is -2.02. The van der Waals surface area contributed by atoms with E-state index in [9.17, 15) is 4.39 Å². The normalized spacial score (nSPS) is 10.8. The van der Waals surface area contributed by atoms with Gasteiger partial charge < -0.3 is 10.7 Å². The monoisotopic (exact) mass is 164 g/mol. The minimum atomic E-state index is -0.348. The fraction of sp³-hybridized carbons (Fsp3) is 0.111. The zero-order valence-corrected chi connectivity index (χ0v) is 6.69. The van der Waals surface area contributed by atoms with Crippen LogP contribution in [0.1, 0.15) is 5.56 Å². The van der Waals surface area contributed by atoms with Crippen molar-refractivity contribution in [1.29, 1.82) is 0 Å². The number of fused-ring (bicyclic) bond motifs is 1. The van der Waals surface area contributed by atoms with Crippen LogP contribution in [0.5, 0.6) is 0 Å². The van der Waals surface area contributed by atoms with Crippen molar-refractivity contribution in [1.82, 2.24) is 4.98 Å². The smallest absolute Gasteiger partial charge is 0.147 e. The van der Waals surface area contributed by atoms with E-state index in [2.05, 4.69) is 4.98 Å². The molecule has 1 aromatic carbocycles. The van der Waals surface area contributed by atoms with Crippen molar-refractivity contribution in [3.05, 3.63) is 29.7 Å². The van der Waals surface area contributed by atoms with Gasteiger partial charge in [0.25, 0.3) is 0 Å². The highest BCUT2D eigenvalue weighted by molar-refractivity contribution is 5.86.